The molecule has 1 fully saturated rings. The maximum absolute atomic E-state index is 11.9. The van der Waals surface area contributed by atoms with Crippen LogP contribution in [0, 0.1) is 0 Å². The predicted molar refractivity (Wildman–Crippen MR) is 70.2 cm³/mol. The number of rotatable bonds is 4. The summed E-state index contributed by atoms with van der Waals surface area (Å²) in [7, 11) is 3.16. The van der Waals surface area contributed by atoms with E-state index in [0.29, 0.717) is 0 Å². The zero-order valence-corrected chi connectivity index (χ0v) is 11.9. The molecular formula is C12H21N3O5. The summed E-state index contributed by atoms with van der Waals surface area (Å²) in [6.07, 6.45) is 0.400. The van der Waals surface area contributed by atoms with Gasteiger partial charge < -0.3 is 25.4 Å². The van der Waals surface area contributed by atoms with Crippen LogP contribution >= 0.6 is 0 Å². The Morgan fingerprint density at radius 2 is 1.80 bits per heavy atom. The highest BCUT2D eigenvalue weighted by atomic mass is 16.5. The Morgan fingerprint density at radius 3 is 2.25 bits per heavy atom. The number of carboxylic acids is 1. The molecule has 0 aromatic carbocycles. The minimum absolute atomic E-state index is 0.200. The number of aliphatic carboxylic acids is 1. The molecule has 8 nitrogen and oxygen atoms in total. The van der Waals surface area contributed by atoms with Crippen LogP contribution < -0.4 is 10.6 Å². The van der Waals surface area contributed by atoms with Crippen LogP contribution in [0.5, 0.6) is 0 Å². The molecule has 114 valence electrons. The molecule has 8 heteroatoms. The maximum atomic E-state index is 11.9. The van der Waals surface area contributed by atoms with Crippen LogP contribution in [0.15, 0.2) is 0 Å². The van der Waals surface area contributed by atoms with Gasteiger partial charge in [-0.15, -0.1) is 0 Å². The number of ether oxygens (including phenoxy) is 1. The highest BCUT2D eigenvalue weighted by molar-refractivity contribution is 5.90. The molecule has 3 amide bonds. The van der Waals surface area contributed by atoms with E-state index in [9.17, 15) is 19.5 Å². The van der Waals surface area contributed by atoms with E-state index in [2.05, 4.69) is 10.6 Å². The predicted octanol–water partition coefficient (Wildman–Crippen LogP) is -0.604. The number of nitrogens with zero attached hydrogens (tertiary/aromatic N) is 1. The molecule has 1 saturated heterocycles. The Balaban J connectivity index is 2.63. The van der Waals surface area contributed by atoms with Crippen molar-refractivity contribution in [1.29, 1.82) is 0 Å². The first kappa shape index (κ1) is 16.2. The first-order valence-electron chi connectivity index (χ1n) is 6.39. The van der Waals surface area contributed by atoms with Crippen LogP contribution in [-0.4, -0.2) is 66.8 Å². The lowest BCUT2D eigenvalue weighted by molar-refractivity contribution is -0.148. The van der Waals surface area contributed by atoms with Crippen molar-refractivity contribution in [3.8, 4) is 0 Å². The van der Waals surface area contributed by atoms with E-state index >= 15 is 0 Å². The van der Waals surface area contributed by atoms with E-state index in [1.54, 1.807) is 21.0 Å². The van der Waals surface area contributed by atoms with Crippen molar-refractivity contribution < 1.29 is 24.2 Å². The largest absolute Gasteiger partial charge is 0.480 e. The summed E-state index contributed by atoms with van der Waals surface area (Å²) in [5.41, 5.74) is -1.33. The quantitative estimate of drug-likeness (QED) is 0.639. The van der Waals surface area contributed by atoms with Crippen molar-refractivity contribution in [2.24, 2.45) is 0 Å². The number of nitrogens with one attached hydrogen (secondary N) is 2. The molecule has 0 aromatic heterocycles. The lowest BCUT2D eigenvalue weighted by atomic mass is 9.90. The number of urea groups is 1. The van der Waals surface area contributed by atoms with E-state index in [0.717, 1.165) is 0 Å². The van der Waals surface area contributed by atoms with E-state index in [1.807, 2.05) is 0 Å². The summed E-state index contributed by atoms with van der Waals surface area (Å²) in [5, 5.41) is 14.2. The lowest BCUT2D eigenvalue weighted by Gasteiger charge is -2.34. The van der Waals surface area contributed by atoms with Crippen molar-refractivity contribution in [3.63, 3.8) is 0 Å². The number of carbonyl (C=O) groups is 3. The molecule has 1 rings (SSSR count). The van der Waals surface area contributed by atoms with Crippen molar-refractivity contribution in [3.05, 3.63) is 0 Å². The third-order valence-electron chi connectivity index (χ3n) is 3.27. The molecule has 3 N–H and O–H groups in total. The zero-order chi connectivity index (χ0) is 15.3. The van der Waals surface area contributed by atoms with Crippen molar-refractivity contribution in [1.82, 2.24) is 15.5 Å². The van der Waals surface area contributed by atoms with Gasteiger partial charge in [0.1, 0.15) is 11.6 Å². The van der Waals surface area contributed by atoms with E-state index in [4.69, 9.17) is 4.74 Å². The number of hydrogen-bond acceptors (Lipinski definition) is 4. The molecular weight excluding hydrogens is 266 g/mol. The molecule has 1 aliphatic rings. The first-order chi connectivity index (χ1) is 9.28. The van der Waals surface area contributed by atoms with Crippen LogP contribution in [0.3, 0.4) is 0 Å². The van der Waals surface area contributed by atoms with Crippen molar-refractivity contribution >= 4 is 17.9 Å². The van der Waals surface area contributed by atoms with Gasteiger partial charge in [-0.25, -0.2) is 9.59 Å². The molecule has 0 aliphatic carbocycles. The molecule has 0 radical (unpaired) electrons. The molecule has 1 aliphatic heterocycles. The Labute approximate surface area is 117 Å². The second-order valence-corrected chi connectivity index (χ2v) is 5.05. The summed E-state index contributed by atoms with van der Waals surface area (Å²) in [4.78, 5) is 36.2. The molecule has 1 unspecified atom stereocenters. The number of amides is 3. The van der Waals surface area contributed by atoms with Crippen LogP contribution in [0.2, 0.25) is 0 Å². The molecule has 1 heterocycles. The minimum Gasteiger partial charge on any atom is -0.480 e. The molecule has 1 atom stereocenters. The van der Waals surface area contributed by atoms with Gasteiger partial charge in [0.2, 0.25) is 5.91 Å². The van der Waals surface area contributed by atoms with Crippen LogP contribution in [0.4, 0.5) is 4.79 Å². The third kappa shape index (κ3) is 3.83. The molecule has 0 bridgehead atoms. The second kappa shape index (κ2) is 6.56. The zero-order valence-electron chi connectivity index (χ0n) is 11.9. The Kier molecular flexibility index (Phi) is 5.32. The summed E-state index contributed by atoms with van der Waals surface area (Å²) in [6.45, 7) is 2.09. The summed E-state index contributed by atoms with van der Waals surface area (Å²) in [5.74, 6) is -1.36. The Bertz CT molecular complexity index is 391. The van der Waals surface area contributed by atoms with Crippen molar-refractivity contribution in [2.75, 3.05) is 27.3 Å². The van der Waals surface area contributed by atoms with Gasteiger partial charge in [0.05, 0.1) is 0 Å². The Hall–Kier alpha value is -1.83. The standard InChI is InChI=1S/C12H21N3O5/c1-8(9(16)15(2)3)13-11(19)14-12(10(17)18)4-6-20-7-5-12/h8H,4-7H2,1-3H3,(H,17,18)(H2,13,14,19). The molecule has 20 heavy (non-hydrogen) atoms. The van der Waals surface area contributed by atoms with E-state index < -0.39 is 23.6 Å². The first-order valence-corrected chi connectivity index (χ1v) is 6.39. The van der Waals surface area contributed by atoms with Gasteiger partial charge in [-0.1, -0.05) is 0 Å². The fourth-order valence-electron chi connectivity index (χ4n) is 2.01. The van der Waals surface area contributed by atoms with Gasteiger partial charge in [-0.3, -0.25) is 4.79 Å². The molecule has 0 saturated carbocycles. The highest BCUT2D eigenvalue weighted by Gasteiger charge is 2.41. The van der Waals surface area contributed by atoms with Gasteiger partial charge in [0.15, 0.2) is 0 Å². The SMILES string of the molecule is CC(NC(=O)NC1(C(=O)O)CCOCC1)C(=O)N(C)C. The van der Waals surface area contributed by atoms with Crippen LogP contribution in [0.1, 0.15) is 19.8 Å². The average Bonchev–Trinajstić information content (AvgIpc) is 2.38. The summed E-state index contributed by atoms with van der Waals surface area (Å²) < 4.78 is 5.11. The monoisotopic (exact) mass is 287 g/mol. The maximum Gasteiger partial charge on any atom is 0.329 e. The lowest BCUT2D eigenvalue weighted by Crippen LogP contribution is -2.61. The van der Waals surface area contributed by atoms with Gasteiger partial charge in [-0.2, -0.15) is 0 Å². The smallest absolute Gasteiger partial charge is 0.329 e. The summed E-state index contributed by atoms with van der Waals surface area (Å²) in [6, 6.07) is -1.40. The number of likely N-dealkylation sites (N-methyl/N-ethyl adjacent to an activating group) is 1. The fraction of sp³-hybridized carbons (Fsp3) is 0.750. The van der Waals surface area contributed by atoms with Gasteiger partial charge in [0.25, 0.3) is 0 Å². The summed E-state index contributed by atoms with van der Waals surface area (Å²) >= 11 is 0. The van der Waals surface area contributed by atoms with Gasteiger partial charge in [0, 0.05) is 40.2 Å². The number of hydrogen-bond donors (Lipinski definition) is 3. The Morgan fingerprint density at radius 1 is 1.25 bits per heavy atom. The van der Waals surface area contributed by atoms with Crippen LogP contribution in [0.25, 0.3) is 0 Å². The highest BCUT2D eigenvalue weighted by Crippen LogP contribution is 2.20. The van der Waals surface area contributed by atoms with E-state index in [-0.39, 0.29) is 32.0 Å². The topological polar surface area (TPSA) is 108 Å². The van der Waals surface area contributed by atoms with Crippen LogP contribution in [-0.2, 0) is 14.3 Å². The van der Waals surface area contributed by atoms with Gasteiger partial charge >= 0.3 is 12.0 Å². The minimum atomic E-state index is -1.33. The average molecular weight is 287 g/mol. The fourth-order valence-corrected chi connectivity index (χ4v) is 2.01. The van der Waals surface area contributed by atoms with E-state index in [1.165, 1.54) is 4.90 Å². The number of carboxylic acid groups (broad SMARTS) is 1. The second-order valence-electron chi connectivity index (χ2n) is 5.05. The molecule has 0 aromatic rings. The molecule has 0 spiro atoms. The van der Waals surface area contributed by atoms with Crippen molar-refractivity contribution in [2.45, 2.75) is 31.3 Å². The number of carbonyl (C=O) groups excluding carboxylic acids is 2. The van der Waals surface area contributed by atoms with Gasteiger partial charge in [-0.05, 0) is 6.92 Å². The normalized spacial score (nSPS) is 18.8. The third-order valence-corrected chi connectivity index (χ3v) is 3.27.